The summed E-state index contributed by atoms with van der Waals surface area (Å²) >= 11 is 0. The van der Waals surface area contributed by atoms with E-state index in [9.17, 15) is 20.1 Å². The van der Waals surface area contributed by atoms with Gasteiger partial charge in [-0.3, -0.25) is 4.79 Å². The number of hydrogen-bond acceptors (Lipinski definition) is 6. The first-order valence-electron chi connectivity index (χ1n) is 6.71. The van der Waals surface area contributed by atoms with Crippen molar-refractivity contribution in [2.45, 2.75) is 37.4 Å². The molecule has 2 heterocycles. The predicted octanol–water partition coefficient (Wildman–Crippen LogP) is 0.335. The summed E-state index contributed by atoms with van der Waals surface area (Å²) in [6, 6.07) is 6.75. The molecule has 21 heavy (non-hydrogen) atoms. The van der Waals surface area contributed by atoms with Crippen LogP contribution in [0.1, 0.15) is 18.6 Å². The smallest absolute Gasteiger partial charge is 0.198 e. The third kappa shape index (κ3) is 2.26. The molecule has 0 aliphatic carbocycles. The van der Waals surface area contributed by atoms with Crippen LogP contribution in [0.4, 0.5) is 0 Å². The van der Waals surface area contributed by atoms with Gasteiger partial charge in [0, 0.05) is 0 Å². The molecule has 1 aliphatic rings. The lowest BCUT2D eigenvalue weighted by Gasteiger charge is -2.39. The second-order valence-corrected chi connectivity index (χ2v) is 5.25. The van der Waals surface area contributed by atoms with Gasteiger partial charge in [0.15, 0.2) is 5.43 Å². The molecule has 3 N–H and O–H groups in total. The Morgan fingerprint density at radius 3 is 2.52 bits per heavy atom. The molecule has 0 radical (unpaired) electrons. The minimum Gasteiger partial charge on any atom is -0.464 e. The molecule has 6 heteroatoms. The monoisotopic (exact) mass is 292 g/mol. The van der Waals surface area contributed by atoms with Gasteiger partial charge in [0.2, 0.25) is 0 Å². The minimum atomic E-state index is -1.40. The van der Waals surface area contributed by atoms with Gasteiger partial charge in [-0.15, -0.1) is 0 Å². The maximum absolute atomic E-state index is 12.5. The molecule has 112 valence electrons. The van der Waals surface area contributed by atoms with Crippen LogP contribution in [-0.2, 0) is 4.74 Å². The first-order valence-corrected chi connectivity index (χ1v) is 6.71. The van der Waals surface area contributed by atoms with Gasteiger partial charge in [-0.25, -0.2) is 0 Å². The van der Waals surface area contributed by atoms with Crippen molar-refractivity contribution in [1.82, 2.24) is 0 Å². The number of hydrogen-bond donors (Lipinski definition) is 3. The molecule has 1 saturated heterocycles. The van der Waals surface area contributed by atoms with Crippen LogP contribution < -0.4 is 5.43 Å². The Balaban J connectivity index is 2.08. The highest BCUT2D eigenvalue weighted by molar-refractivity contribution is 5.76. The largest absolute Gasteiger partial charge is 0.464 e. The van der Waals surface area contributed by atoms with E-state index in [-0.39, 0.29) is 11.0 Å². The summed E-state index contributed by atoms with van der Waals surface area (Å²) in [7, 11) is 0. The zero-order valence-electron chi connectivity index (χ0n) is 11.3. The lowest BCUT2D eigenvalue weighted by molar-refractivity contribution is -0.220. The van der Waals surface area contributed by atoms with Crippen LogP contribution in [0.5, 0.6) is 0 Å². The number of aliphatic hydroxyl groups is 3. The van der Waals surface area contributed by atoms with Crippen LogP contribution in [0, 0.1) is 0 Å². The molecule has 0 amide bonds. The van der Waals surface area contributed by atoms with Gasteiger partial charge in [0.05, 0.1) is 17.1 Å². The highest BCUT2D eigenvalue weighted by Gasteiger charge is 2.43. The standard InChI is InChI=1S/C15H16O6/c1-7-11(16)13(18)14(19)15(21-7)9-6-20-10-5-3-2-4-8(10)12(9)17/h2-7,11,13-16,18-19H,1H3/t7-,11-,13+,14+,15?/m0/s1. The van der Waals surface area contributed by atoms with E-state index in [1.807, 2.05) is 0 Å². The Bertz CT molecular complexity index is 709. The lowest BCUT2D eigenvalue weighted by atomic mass is 9.92. The van der Waals surface area contributed by atoms with E-state index >= 15 is 0 Å². The molecule has 1 aromatic heterocycles. The number of para-hydroxylation sites is 1. The van der Waals surface area contributed by atoms with E-state index in [2.05, 4.69) is 0 Å². The van der Waals surface area contributed by atoms with E-state index in [0.29, 0.717) is 11.0 Å². The zero-order chi connectivity index (χ0) is 15.1. The maximum atomic E-state index is 12.5. The van der Waals surface area contributed by atoms with Gasteiger partial charge in [0.1, 0.15) is 36.3 Å². The van der Waals surface area contributed by atoms with Crippen molar-refractivity contribution in [3.8, 4) is 0 Å². The maximum Gasteiger partial charge on any atom is 0.198 e. The number of fused-ring (bicyclic) bond motifs is 1. The fourth-order valence-electron chi connectivity index (χ4n) is 2.60. The van der Waals surface area contributed by atoms with Crippen LogP contribution in [0.2, 0.25) is 0 Å². The third-order valence-corrected chi connectivity index (χ3v) is 3.87. The number of rotatable bonds is 1. The van der Waals surface area contributed by atoms with Crippen molar-refractivity contribution < 1.29 is 24.5 Å². The molecule has 0 saturated carbocycles. The molecule has 1 aliphatic heterocycles. The Morgan fingerprint density at radius 2 is 1.76 bits per heavy atom. The molecule has 1 fully saturated rings. The number of aliphatic hydroxyl groups excluding tert-OH is 3. The summed E-state index contributed by atoms with van der Waals surface area (Å²) in [5.41, 5.74) is 0.237. The van der Waals surface area contributed by atoms with Gasteiger partial charge < -0.3 is 24.5 Å². The van der Waals surface area contributed by atoms with Crippen LogP contribution in [0.15, 0.2) is 39.7 Å². The zero-order valence-corrected chi connectivity index (χ0v) is 11.3. The van der Waals surface area contributed by atoms with Crippen molar-refractivity contribution in [3.05, 3.63) is 46.3 Å². The van der Waals surface area contributed by atoms with E-state index in [1.165, 1.54) is 6.26 Å². The van der Waals surface area contributed by atoms with Crippen LogP contribution >= 0.6 is 0 Å². The Hall–Kier alpha value is -1.73. The molecule has 0 spiro atoms. The van der Waals surface area contributed by atoms with E-state index in [1.54, 1.807) is 31.2 Å². The molecule has 5 atom stereocenters. The molecule has 2 aromatic rings. The van der Waals surface area contributed by atoms with Crippen molar-refractivity contribution in [3.63, 3.8) is 0 Å². The van der Waals surface area contributed by atoms with Crippen LogP contribution in [-0.4, -0.2) is 39.7 Å². The normalized spacial score (nSPS) is 33.2. The van der Waals surface area contributed by atoms with E-state index in [4.69, 9.17) is 9.15 Å². The lowest BCUT2D eigenvalue weighted by Crippen LogP contribution is -2.53. The molecule has 6 nitrogen and oxygen atoms in total. The predicted molar refractivity (Wildman–Crippen MR) is 73.8 cm³/mol. The Morgan fingerprint density at radius 1 is 1.05 bits per heavy atom. The van der Waals surface area contributed by atoms with Crippen LogP contribution in [0.25, 0.3) is 11.0 Å². The van der Waals surface area contributed by atoms with E-state index < -0.39 is 30.5 Å². The van der Waals surface area contributed by atoms with Crippen molar-refractivity contribution >= 4 is 11.0 Å². The molecular weight excluding hydrogens is 276 g/mol. The molecule has 3 rings (SSSR count). The number of benzene rings is 1. The molecule has 0 bridgehead atoms. The quantitative estimate of drug-likeness (QED) is 0.700. The van der Waals surface area contributed by atoms with Gasteiger partial charge in [-0.2, -0.15) is 0 Å². The molecule has 1 unspecified atom stereocenters. The fourth-order valence-corrected chi connectivity index (χ4v) is 2.60. The molecular formula is C15H16O6. The number of ether oxygens (including phenoxy) is 1. The summed E-state index contributed by atoms with van der Waals surface area (Å²) in [4.78, 5) is 12.5. The molecule has 1 aromatic carbocycles. The summed E-state index contributed by atoms with van der Waals surface area (Å²) in [6.45, 7) is 1.56. The first kappa shape index (κ1) is 14.2. The minimum absolute atomic E-state index is 0.124. The van der Waals surface area contributed by atoms with Gasteiger partial charge >= 0.3 is 0 Å². The van der Waals surface area contributed by atoms with Crippen LogP contribution in [0.3, 0.4) is 0 Å². The summed E-state index contributed by atoms with van der Waals surface area (Å²) < 4.78 is 10.9. The Kier molecular flexibility index (Phi) is 3.54. The summed E-state index contributed by atoms with van der Waals surface area (Å²) in [5.74, 6) is 0. The second-order valence-electron chi connectivity index (χ2n) is 5.25. The summed E-state index contributed by atoms with van der Waals surface area (Å²) in [6.07, 6.45) is -4.51. The summed E-state index contributed by atoms with van der Waals surface area (Å²) in [5, 5.41) is 30.0. The highest BCUT2D eigenvalue weighted by atomic mass is 16.5. The second kappa shape index (κ2) is 5.23. The highest BCUT2D eigenvalue weighted by Crippen LogP contribution is 2.31. The third-order valence-electron chi connectivity index (χ3n) is 3.87. The topological polar surface area (TPSA) is 100 Å². The van der Waals surface area contributed by atoms with E-state index in [0.717, 1.165) is 0 Å². The fraction of sp³-hybridized carbons (Fsp3) is 0.400. The Labute approximate surface area is 120 Å². The SMILES string of the molecule is C[C@@H]1OC(c2coc3ccccc3c2=O)[C@H](O)[C@H](O)[C@H]1O. The van der Waals surface area contributed by atoms with Gasteiger partial charge in [-0.05, 0) is 19.1 Å². The first-order chi connectivity index (χ1) is 10.0. The van der Waals surface area contributed by atoms with Gasteiger partial charge in [0.25, 0.3) is 0 Å². The average Bonchev–Trinajstić information content (AvgIpc) is 2.50. The van der Waals surface area contributed by atoms with Crippen molar-refractivity contribution in [1.29, 1.82) is 0 Å². The van der Waals surface area contributed by atoms with Crippen molar-refractivity contribution in [2.75, 3.05) is 0 Å². The average molecular weight is 292 g/mol. The van der Waals surface area contributed by atoms with Gasteiger partial charge in [-0.1, -0.05) is 12.1 Å². The van der Waals surface area contributed by atoms with Crippen molar-refractivity contribution in [2.24, 2.45) is 0 Å².